The topological polar surface area (TPSA) is 66.4 Å². The van der Waals surface area contributed by atoms with Gasteiger partial charge >= 0.3 is 5.97 Å². The molecule has 1 aromatic rings. The Morgan fingerprint density at radius 2 is 1.81 bits per heavy atom. The second kappa shape index (κ2) is 9.16. The zero-order valence-corrected chi connectivity index (χ0v) is 12.9. The third-order valence-corrected chi connectivity index (χ3v) is 3.81. The van der Waals surface area contributed by atoms with Crippen molar-refractivity contribution in [3.63, 3.8) is 0 Å². The molecule has 0 heterocycles. The highest BCUT2D eigenvalue weighted by atomic mass is 16.4. The van der Waals surface area contributed by atoms with Gasteiger partial charge < -0.3 is 10.4 Å². The van der Waals surface area contributed by atoms with Crippen LogP contribution in [-0.2, 0) is 11.2 Å². The summed E-state index contributed by atoms with van der Waals surface area (Å²) in [6.45, 7) is 4.72. The minimum absolute atomic E-state index is 0.0641. The number of hydrogen-bond donors (Lipinski definition) is 2. The Bertz CT molecular complexity index is 454. The Morgan fingerprint density at radius 3 is 2.33 bits per heavy atom. The number of rotatable bonds is 9. The van der Waals surface area contributed by atoms with Crippen LogP contribution in [0.4, 0.5) is 0 Å². The Hall–Kier alpha value is -1.84. The van der Waals surface area contributed by atoms with Crippen molar-refractivity contribution in [2.45, 2.75) is 46.0 Å². The van der Waals surface area contributed by atoms with Gasteiger partial charge in [0.05, 0.1) is 0 Å². The van der Waals surface area contributed by atoms with E-state index in [2.05, 4.69) is 19.2 Å². The maximum atomic E-state index is 12.0. The van der Waals surface area contributed by atoms with Gasteiger partial charge in [-0.1, -0.05) is 32.4 Å². The van der Waals surface area contributed by atoms with Crippen LogP contribution >= 0.6 is 0 Å². The molecule has 21 heavy (non-hydrogen) atoms. The zero-order valence-electron chi connectivity index (χ0n) is 12.9. The Labute approximate surface area is 126 Å². The number of carbonyl (C=O) groups is 2. The van der Waals surface area contributed by atoms with Crippen LogP contribution in [-0.4, -0.2) is 23.5 Å². The summed E-state index contributed by atoms with van der Waals surface area (Å²) in [5.41, 5.74) is 1.89. The molecule has 0 saturated heterocycles. The summed E-state index contributed by atoms with van der Waals surface area (Å²) in [6.07, 6.45) is 3.60. The van der Waals surface area contributed by atoms with Crippen LogP contribution in [0, 0.1) is 5.92 Å². The van der Waals surface area contributed by atoms with E-state index in [4.69, 9.17) is 5.11 Å². The van der Waals surface area contributed by atoms with Crippen molar-refractivity contribution in [3.05, 3.63) is 35.4 Å². The maximum Gasteiger partial charge on any atom is 0.303 e. The number of carbonyl (C=O) groups excluding carboxylic acids is 1. The van der Waals surface area contributed by atoms with Gasteiger partial charge in [0, 0.05) is 18.5 Å². The van der Waals surface area contributed by atoms with Gasteiger partial charge in [-0.25, -0.2) is 0 Å². The zero-order chi connectivity index (χ0) is 15.7. The molecule has 0 aliphatic carbocycles. The molecule has 1 rings (SSSR count). The van der Waals surface area contributed by atoms with Crippen LogP contribution in [0.15, 0.2) is 24.3 Å². The average molecular weight is 291 g/mol. The fourth-order valence-electron chi connectivity index (χ4n) is 2.26. The first-order chi connectivity index (χ1) is 10.1. The minimum atomic E-state index is -0.756. The minimum Gasteiger partial charge on any atom is -0.481 e. The van der Waals surface area contributed by atoms with Crippen molar-refractivity contribution in [2.24, 2.45) is 5.92 Å². The van der Waals surface area contributed by atoms with Crippen LogP contribution < -0.4 is 5.32 Å². The molecule has 2 N–H and O–H groups in total. The molecule has 1 unspecified atom stereocenters. The predicted octanol–water partition coefficient (Wildman–Crippen LogP) is 3.26. The Balaban J connectivity index is 2.35. The first-order valence-corrected chi connectivity index (χ1v) is 7.65. The van der Waals surface area contributed by atoms with Gasteiger partial charge in [0.15, 0.2) is 0 Å². The largest absolute Gasteiger partial charge is 0.481 e. The number of amides is 1. The summed E-state index contributed by atoms with van der Waals surface area (Å²) in [6, 6.07) is 7.62. The van der Waals surface area contributed by atoms with Gasteiger partial charge in [0.2, 0.25) is 0 Å². The highest BCUT2D eigenvalue weighted by Crippen LogP contribution is 2.14. The molecule has 0 aliphatic heterocycles. The first-order valence-electron chi connectivity index (χ1n) is 7.65. The van der Waals surface area contributed by atoms with Crippen molar-refractivity contribution in [1.82, 2.24) is 5.32 Å². The lowest BCUT2D eigenvalue weighted by Crippen LogP contribution is -2.26. The van der Waals surface area contributed by atoms with Gasteiger partial charge in [-0.15, -0.1) is 0 Å². The third kappa shape index (κ3) is 6.43. The van der Waals surface area contributed by atoms with Crippen LogP contribution in [0.25, 0.3) is 0 Å². The number of carboxylic acids is 1. The third-order valence-electron chi connectivity index (χ3n) is 3.81. The molecule has 0 aliphatic rings. The van der Waals surface area contributed by atoms with Crippen molar-refractivity contribution in [2.75, 3.05) is 6.54 Å². The quantitative estimate of drug-likeness (QED) is 0.734. The van der Waals surface area contributed by atoms with Gasteiger partial charge in [0.1, 0.15) is 0 Å². The van der Waals surface area contributed by atoms with E-state index in [9.17, 15) is 9.59 Å². The normalized spacial score (nSPS) is 11.9. The number of nitrogens with one attached hydrogen (secondary N) is 1. The first kappa shape index (κ1) is 17.2. The predicted molar refractivity (Wildman–Crippen MR) is 83.4 cm³/mol. The molecule has 0 spiro atoms. The fourth-order valence-corrected chi connectivity index (χ4v) is 2.26. The monoisotopic (exact) mass is 291 g/mol. The van der Waals surface area contributed by atoms with E-state index in [1.54, 1.807) is 0 Å². The molecular formula is C17H25NO3. The van der Waals surface area contributed by atoms with Gasteiger partial charge in [-0.2, -0.15) is 0 Å². The molecule has 0 radical (unpaired) electrons. The molecule has 1 aromatic carbocycles. The summed E-state index contributed by atoms with van der Waals surface area (Å²) in [5, 5.41) is 11.6. The smallest absolute Gasteiger partial charge is 0.303 e. The molecule has 4 nitrogen and oxygen atoms in total. The van der Waals surface area contributed by atoms with Crippen molar-refractivity contribution >= 4 is 11.9 Å². The summed E-state index contributed by atoms with van der Waals surface area (Å²) in [4.78, 5) is 22.5. The number of carboxylic acid groups (broad SMARTS) is 1. The Morgan fingerprint density at radius 1 is 1.14 bits per heavy atom. The molecule has 1 amide bonds. The average Bonchev–Trinajstić information content (AvgIpc) is 2.50. The summed E-state index contributed by atoms with van der Waals surface area (Å²) in [5.74, 6) is -0.469. The standard InChI is InChI=1S/C17H25NO3/c1-3-13-5-8-15(9-6-13)17(21)18-12-11-14(4-2)7-10-16(19)20/h5-6,8-9,14H,3-4,7,10-12H2,1-2H3,(H,18,21)(H,19,20). The van der Waals surface area contributed by atoms with Crippen LogP contribution in [0.3, 0.4) is 0 Å². The molecular weight excluding hydrogens is 266 g/mol. The molecule has 0 aromatic heterocycles. The summed E-state index contributed by atoms with van der Waals surface area (Å²) >= 11 is 0. The lowest BCUT2D eigenvalue weighted by molar-refractivity contribution is -0.137. The van der Waals surface area contributed by atoms with E-state index in [1.807, 2.05) is 24.3 Å². The Kier molecular flexibility index (Phi) is 7.51. The molecule has 4 heteroatoms. The SMILES string of the molecule is CCc1ccc(C(=O)NCCC(CC)CCC(=O)O)cc1. The van der Waals surface area contributed by atoms with E-state index in [0.29, 0.717) is 24.4 Å². The fraction of sp³-hybridized carbons (Fsp3) is 0.529. The van der Waals surface area contributed by atoms with Gasteiger partial charge in [-0.05, 0) is 42.9 Å². The second-order valence-electron chi connectivity index (χ2n) is 5.30. The molecule has 116 valence electrons. The highest BCUT2D eigenvalue weighted by Gasteiger charge is 2.10. The van der Waals surface area contributed by atoms with E-state index >= 15 is 0 Å². The summed E-state index contributed by atoms with van der Waals surface area (Å²) < 4.78 is 0. The molecule has 0 saturated carbocycles. The lowest BCUT2D eigenvalue weighted by atomic mass is 9.96. The molecule has 0 fully saturated rings. The van der Waals surface area contributed by atoms with Crippen molar-refractivity contribution in [1.29, 1.82) is 0 Å². The van der Waals surface area contributed by atoms with Gasteiger partial charge in [0.25, 0.3) is 5.91 Å². The van der Waals surface area contributed by atoms with Crippen LogP contribution in [0.1, 0.15) is 55.5 Å². The molecule has 1 atom stereocenters. The van der Waals surface area contributed by atoms with E-state index in [1.165, 1.54) is 5.56 Å². The number of hydrogen-bond acceptors (Lipinski definition) is 2. The number of aliphatic carboxylic acids is 1. The van der Waals surface area contributed by atoms with E-state index < -0.39 is 5.97 Å². The van der Waals surface area contributed by atoms with Crippen molar-refractivity contribution < 1.29 is 14.7 Å². The lowest BCUT2D eigenvalue weighted by Gasteiger charge is -2.14. The van der Waals surface area contributed by atoms with E-state index in [-0.39, 0.29) is 12.3 Å². The van der Waals surface area contributed by atoms with Crippen molar-refractivity contribution in [3.8, 4) is 0 Å². The number of aryl methyl sites for hydroxylation is 1. The maximum absolute atomic E-state index is 12.0. The highest BCUT2D eigenvalue weighted by molar-refractivity contribution is 5.94. The summed E-state index contributed by atoms with van der Waals surface area (Å²) in [7, 11) is 0. The number of benzene rings is 1. The van der Waals surface area contributed by atoms with Crippen LogP contribution in [0.5, 0.6) is 0 Å². The second-order valence-corrected chi connectivity index (χ2v) is 5.30. The molecule has 0 bridgehead atoms. The van der Waals surface area contributed by atoms with Crippen LogP contribution in [0.2, 0.25) is 0 Å². The van der Waals surface area contributed by atoms with Gasteiger partial charge in [-0.3, -0.25) is 9.59 Å². The van der Waals surface area contributed by atoms with E-state index in [0.717, 1.165) is 19.3 Å².